The smallest absolute Gasteiger partial charge is 0.275 e. The number of aromatic nitrogens is 2. The number of nitrogens with one attached hydrogen (secondary N) is 1. The molecule has 2 amide bonds. The molecule has 1 unspecified atom stereocenters. The third-order valence-electron chi connectivity index (χ3n) is 4.71. The van der Waals surface area contributed by atoms with Crippen LogP contribution < -0.4 is 10.5 Å². The Morgan fingerprint density at radius 3 is 2.30 bits per heavy atom. The van der Waals surface area contributed by atoms with E-state index < -0.39 is 5.92 Å². The molecule has 0 aliphatic carbocycles. The Morgan fingerprint density at radius 2 is 1.63 bits per heavy atom. The summed E-state index contributed by atoms with van der Waals surface area (Å²) in [5.41, 5.74) is 1.82. The first-order valence-corrected chi connectivity index (χ1v) is 9.26. The Morgan fingerprint density at radius 1 is 0.963 bits per heavy atom. The predicted octanol–water partition coefficient (Wildman–Crippen LogP) is 3.28. The molecule has 27 heavy (non-hydrogen) atoms. The number of imide groups is 1. The van der Waals surface area contributed by atoms with Gasteiger partial charge in [0.25, 0.3) is 5.56 Å². The molecule has 6 nitrogen and oxygen atoms in total. The van der Waals surface area contributed by atoms with E-state index in [2.05, 4.69) is 21.0 Å². The highest BCUT2D eigenvalue weighted by molar-refractivity contribution is 9.10. The van der Waals surface area contributed by atoms with Gasteiger partial charge in [0.1, 0.15) is 0 Å². The molecule has 7 heteroatoms. The van der Waals surface area contributed by atoms with Gasteiger partial charge in [0.05, 0.1) is 22.9 Å². The van der Waals surface area contributed by atoms with Crippen LogP contribution >= 0.6 is 15.9 Å². The minimum absolute atomic E-state index is 0.0162. The van der Waals surface area contributed by atoms with Crippen LogP contribution in [0, 0.1) is 6.92 Å². The third-order valence-corrected chi connectivity index (χ3v) is 5.24. The van der Waals surface area contributed by atoms with Crippen molar-refractivity contribution < 1.29 is 9.59 Å². The summed E-state index contributed by atoms with van der Waals surface area (Å²) in [6.45, 7) is 1.75. The summed E-state index contributed by atoms with van der Waals surface area (Å²) >= 11 is 3.34. The van der Waals surface area contributed by atoms with E-state index >= 15 is 0 Å². The first-order valence-electron chi connectivity index (χ1n) is 8.46. The van der Waals surface area contributed by atoms with Crippen LogP contribution in [-0.4, -0.2) is 21.6 Å². The molecule has 0 saturated carbocycles. The zero-order valence-corrected chi connectivity index (χ0v) is 16.1. The second-order valence-electron chi connectivity index (χ2n) is 6.43. The average Bonchev–Trinajstić information content (AvgIpc) is 3.12. The number of halogens is 1. The number of aryl methyl sites for hydroxylation is 1. The maximum Gasteiger partial charge on any atom is 0.275 e. The van der Waals surface area contributed by atoms with Gasteiger partial charge >= 0.3 is 0 Å². The van der Waals surface area contributed by atoms with Crippen molar-refractivity contribution in [2.24, 2.45) is 0 Å². The first kappa shape index (κ1) is 17.5. The summed E-state index contributed by atoms with van der Waals surface area (Å²) in [4.78, 5) is 39.6. The van der Waals surface area contributed by atoms with Crippen LogP contribution in [0.1, 0.15) is 23.6 Å². The van der Waals surface area contributed by atoms with Crippen molar-refractivity contribution >= 4 is 33.4 Å². The maximum atomic E-state index is 13.0. The molecule has 1 aliphatic rings. The van der Waals surface area contributed by atoms with Gasteiger partial charge in [-0.2, -0.15) is 0 Å². The predicted molar refractivity (Wildman–Crippen MR) is 105 cm³/mol. The molecule has 1 N–H and O–H groups in total. The molecule has 0 radical (unpaired) electrons. The molecule has 2 aromatic carbocycles. The zero-order valence-electron chi connectivity index (χ0n) is 14.5. The van der Waals surface area contributed by atoms with Crippen LogP contribution in [0.4, 0.5) is 5.69 Å². The second-order valence-corrected chi connectivity index (χ2v) is 7.34. The van der Waals surface area contributed by atoms with Gasteiger partial charge in [-0.15, -0.1) is 0 Å². The molecule has 1 atom stereocenters. The molecular weight excluding hydrogens is 410 g/mol. The first-order chi connectivity index (χ1) is 13.0. The van der Waals surface area contributed by atoms with Crippen molar-refractivity contribution in [1.82, 2.24) is 9.78 Å². The quantitative estimate of drug-likeness (QED) is 0.654. The monoisotopic (exact) mass is 425 g/mol. The van der Waals surface area contributed by atoms with E-state index in [1.54, 1.807) is 43.3 Å². The van der Waals surface area contributed by atoms with Crippen LogP contribution in [-0.2, 0) is 9.59 Å². The molecule has 1 aromatic heterocycles. The van der Waals surface area contributed by atoms with E-state index in [-0.39, 0.29) is 23.8 Å². The number of amides is 2. The summed E-state index contributed by atoms with van der Waals surface area (Å²) in [6.07, 6.45) is -0.0162. The number of rotatable bonds is 3. The van der Waals surface area contributed by atoms with Crippen molar-refractivity contribution in [3.05, 3.63) is 80.7 Å². The minimum atomic E-state index is -0.783. The molecule has 136 valence electrons. The van der Waals surface area contributed by atoms with E-state index in [9.17, 15) is 14.4 Å². The number of hydrogen-bond acceptors (Lipinski definition) is 3. The minimum Gasteiger partial charge on any atom is -0.295 e. The van der Waals surface area contributed by atoms with E-state index in [1.807, 2.05) is 18.2 Å². The fourth-order valence-electron chi connectivity index (χ4n) is 3.45. The van der Waals surface area contributed by atoms with E-state index in [0.29, 0.717) is 22.6 Å². The third kappa shape index (κ3) is 2.94. The Hall–Kier alpha value is -2.93. The van der Waals surface area contributed by atoms with Gasteiger partial charge in [0.2, 0.25) is 11.8 Å². The molecule has 1 saturated heterocycles. The number of benzene rings is 2. The van der Waals surface area contributed by atoms with E-state index in [4.69, 9.17) is 0 Å². The van der Waals surface area contributed by atoms with Crippen molar-refractivity contribution in [3.63, 3.8) is 0 Å². The molecule has 1 fully saturated rings. The van der Waals surface area contributed by atoms with Gasteiger partial charge in [-0.3, -0.25) is 24.4 Å². The summed E-state index contributed by atoms with van der Waals surface area (Å²) in [5, 5.41) is 3.02. The van der Waals surface area contributed by atoms with Crippen molar-refractivity contribution in [3.8, 4) is 5.69 Å². The number of anilines is 1. The topological polar surface area (TPSA) is 75.2 Å². The lowest BCUT2D eigenvalue weighted by atomic mass is 9.98. The summed E-state index contributed by atoms with van der Waals surface area (Å²) in [5.74, 6) is -1.46. The van der Waals surface area contributed by atoms with Crippen LogP contribution in [0.3, 0.4) is 0 Å². The summed E-state index contributed by atoms with van der Waals surface area (Å²) in [7, 11) is 0. The number of H-pyrrole nitrogens is 1. The normalized spacial score (nSPS) is 17.0. The summed E-state index contributed by atoms with van der Waals surface area (Å²) in [6, 6.07) is 16.1. The molecule has 2 heterocycles. The van der Waals surface area contributed by atoms with Crippen molar-refractivity contribution in [1.29, 1.82) is 0 Å². The van der Waals surface area contributed by atoms with E-state index in [0.717, 1.165) is 9.37 Å². The fourth-order valence-corrected chi connectivity index (χ4v) is 3.71. The Kier molecular flexibility index (Phi) is 4.31. The lowest BCUT2D eigenvalue weighted by Gasteiger charge is -2.14. The van der Waals surface area contributed by atoms with Crippen LogP contribution in [0.25, 0.3) is 5.69 Å². The van der Waals surface area contributed by atoms with Crippen LogP contribution in [0.2, 0.25) is 0 Å². The number of aromatic amines is 1. The highest BCUT2D eigenvalue weighted by Crippen LogP contribution is 2.33. The number of hydrogen-bond donors (Lipinski definition) is 1. The molecule has 1 aliphatic heterocycles. The SMILES string of the molecule is Cc1[nH]n(-c2ccccc2)c(=O)c1C1CC(=O)N(c2ccc(Br)cc2)C1=O. The van der Waals surface area contributed by atoms with Gasteiger partial charge in [-0.1, -0.05) is 34.1 Å². The van der Waals surface area contributed by atoms with Gasteiger partial charge < -0.3 is 0 Å². The standard InChI is InChI=1S/C20H16BrN3O3/c1-12-18(20(27)24(22-12)15-5-3-2-4-6-15)16-11-17(25)23(19(16)26)14-9-7-13(21)8-10-14/h2-10,16,22H,11H2,1H3. The van der Waals surface area contributed by atoms with Gasteiger partial charge in [-0.05, 0) is 43.3 Å². The van der Waals surface area contributed by atoms with Crippen LogP contribution in [0.5, 0.6) is 0 Å². The Balaban J connectivity index is 1.74. The van der Waals surface area contributed by atoms with E-state index in [1.165, 1.54) is 4.68 Å². The van der Waals surface area contributed by atoms with Gasteiger partial charge in [-0.25, -0.2) is 4.68 Å². The fraction of sp³-hybridized carbons (Fsp3) is 0.150. The second kappa shape index (κ2) is 6.66. The Bertz CT molecular complexity index is 1080. The van der Waals surface area contributed by atoms with Gasteiger partial charge in [0.15, 0.2) is 0 Å². The molecule has 0 bridgehead atoms. The Labute approximate surface area is 163 Å². The van der Waals surface area contributed by atoms with Gasteiger partial charge in [0, 0.05) is 16.6 Å². The lowest BCUT2D eigenvalue weighted by molar-refractivity contribution is -0.121. The highest BCUT2D eigenvalue weighted by atomic mass is 79.9. The van der Waals surface area contributed by atoms with Crippen LogP contribution in [0.15, 0.2) is 63.9 Å². The molecule has 3 aromatic rings. The van der Waals surface area contributed by atoms with Crippen molar-refractivity contribution in [2.75, 3.05) is 4.90 Å². The lowest BCUT2D eigenvalue weighted by Crippen LogP contribution is -2.31. The summed E-state index contributed by atoms with van der Waals surface area (Å²) < 4.78 is 2.26. The highest BCUT2D eigenvalue weighted by Gasteiger charge is 2.43. The molecular formula is C20H16BrN3O3. The maximum absolute atomic E-state index is 13.0. The van der Waals surface area contributed by atoms with Crippen molar-refractivity contribution in [2.45, 2.75) is 19.3 Å². The number of carbonyl (C=O) groups excluding carboxylic acids is 2. The molecule has 4 rings (SSSR count). The number of para-hydroxylation sites is 1. The zero-order chi connectivity index (χ0) is 19.1. The average molecular weight is 426 g/mol. The number of nitrogens with zero attached hydrogens (tertiary/aromatic N) is 2. The number of carbonyl (C=O) groups is 2. The molecule has 0 spiro atoms. The largest absolute Gasteiger partial charge is 0.295 e.